The van der Waals surface area contributed by atoms with Crippen LogP contribution < -0.4 is 10.1 Å². The Labute approximate surface area is 187 Å². The summed E-state index contributed by atoms with van der Waals surface area (Å²) in [6.45, 7) is 0.963. The van der Waals surface area contributed by atoms with Crippen LogP contribution in [0.15, 0.2) is 85.1 Å². The molecule has 0 saturated carbocycles. The first-order chi connectivity index (χ1) is 15.8. The summed E-state index contributed by atoms with van der Waals surface area (Å²) in [5, 5.41) is 2.92. The molecular weight excluding hydrogens is 398 g/mol. The maximum absolute atomic E-state index is 12.5. The van der Waals surface area contributed by atoms with Crippen molar-refractivity contribution in [1.82, 2.24) is 9.55 Å². The van der Waals surface area contributed by atoms with Crippen molar-refractivity contribution in [3.8, 4) is 28.3 Å². The molecule has 0 bridgehead atoms. The molecule has 0 saturated heterocycles. The second-order valence-electron chi connectivity index (χ2n) is 7.96. The van der Waals surface area contributed by atoms with Crippen molar-refractivity contribution in [3.63, 3.8) is 0 Å². The Morgan fingerprint density at radius 3 is 2.53 bits per heavy atom. The monoisotopic (exact) mass is 423 g/mol. The first-order valence-electron chi connectivity index (χ1n) is 11.0. The highest BCUT2D eigenvalue weighted by atomic mass is 16.5. The molecule has 0 spiro atoms. The van der Waals surface area contributed by atoms with E-state index in [0.29, 0.717) is 5.75 Å². The number of nitrogens with one attached hydrogen (secondary N) is 1. The molecule has 1 aliphatic heterocycles. The maximum atomic E-state index is 12.5. The van der Waals surface area contributed by atoms with Crippen molar-refractivity contribution in [2.75, 3.05) is 11.9 Å². The van der Waals surface area contributed by atoms with Crippen LogP contribution in [0.4, 0.5) is 5.69 Å². The maximum Gasteiger partial charge on any atom is 0.262 e. The van der Waals surface area contributed by atoms with E-state index in [9.17, 15) is 4.79 Å². The molecule has 160 valence electrons. The standard InChI is InChI=1S/C27H25N3O2/c31-26(19-32-25-12-5-4-11-24(25)20-8-2-1-3-9-20)29-22-15-13-21(14-16-22)27-28-18-23-10-6-7-17-30(23)27/h1-5,8-9,11-16,18H,6-7,10,17,19H2,(H,29,31). The van der Waals surface area contributed by atoms with Gasteiger partial charge in [0, 0.05) is 35.2 Å². The third kappa shape index (κ3) is 4.28. The number of anilines is 1. The van der Waals surface area contributed by atoms with E-state index in [2.05, 4.69) is 14.9 Å². The zero-order valence-corrected chi connectivity index (χ0v) is 17.8. The lowest BCUT2D eigenvalue weighted by Crippen LogP contribution is -2.20. The molecule has 1 N–H and O–H groups in total. The number of para-hydroxylation sites is 1. The Balaban J connectivity index is 1.23. The molecule has 5 rings (SSSR count). The Hall–Kier alpha value is -3.86. The zero-order chi connectivity index (χ0) is 21.8. The number of hydrogen-bond donors (Lipinski definition) is 1. The molecule has 4 aromatic rings. The fourth-order valence-electron chi connectivity index (χ4n) is 4.16. The van der Waals surface area contributed by atoms with E-state index in [-0.39, 0.29) is 12.5 Å². The summed E-state index contributed by atoms with van der Waals surface area (Å²) in [6.07, 6.45) is 5.50. The molecule has 0 aliphatic carbocycles. The number of benzene rings is 3. The molecule has 0 fully saturated rings. The predicted molar refractivity (Wildman–Crippen MR) is 127 cm³/mol. The minimum atomic E-state index is -0.196. The first-order valence-corrected chi connectivity index (χ1v) is 11.0. The van der Waals surface area contributed by atoms with Gasteiger partial charge in [-0.3, -0.25) is 4.79 Å². The van der Waals surface area contributed by atoms with E-state index >= 15 is 0 Å². The number of aromatic nitrogens is 2. The summed E-state index contributed by atoms with van der Waals surface area (Å²) >= 11 is 0. The van der Waals surface area contributed by atoms with Gasteiger partial charge in [0.15, 0.2) is 6.61 Å². The largest absolute Gasteiger partial charge is 0.483 e. The fourth-order valence-corrected chi connectivity index (χ4v) is 4.16. The molecule has 1 aromatic heterocycles. The van der Waals surface area contributed by atoms with Gasteiger partial charge in [-0.25, -0.2) is 4.98 Å². The first kappa shape index (κ1) is 20.1. The molecule has 1 amide bonds. The van der Waals surface area contributed by atoms with E-state index < -0.39 is 0 Å². The third-order valence-electron chi connectivity index (χ3n) is 5.76. The van der Waals surface area contributed by atoms with E-state index in [1.54, 1.807) is 0 Å². The molecule has 5 nitrogen and oxygen atoms in total. The molecule has 32 heavy (non-hydrogen) atoms. The van der Waals surface area contributed by atoms with Gasteiger partial charge in [0.2, 0.25) is 0 Å². The van der Waals surface area contributed by atoms with Gasteiger partial charge in [0.05, 0.1) is 0 Å². The van der Waals surface area contributed by atoms with Crippen molar-refractivity contribution in [2.45, 2.75) is 25.8 Å². The summed E-state index contributed by atoms with van der Waals surface area (Å²) in [5.41, 5.74) is 5.12. The average molecular weight is 424 g/mol. The van der Waals surface area contributed by atoms with E-state index in [4.69, 9.17) is 4.74 Å². The summed E-state index contributed by atoms with van der Waals surface area (Å²) in [7, 11) is 0. The van der Waals surface area contributed by atoms with E-state index in [0.717, 1.165) is 41.2 Å². The Kier molecular flexibility index (Phi) is 5.71. The number of aryl methyl sites for hydroxylation is 1. The minimum Gasteiger partial charge on any atom is -0.483 e. The van der Waals surface area contributed by atoms with Gasteiger partial charge in [-0.15, -0.1) is 0 Å². The van der Waals surface area contributed by atoms with E-state index in [1.807, 2.05) is 85.1 Å². The normalized spacial score (nSPS) is 12.8. The van der Waals surface area contributed by atoms with Gasteiger partial charge >= 0.3 is 0 Å². The van der Waals surface area contributed by atoms with Gasteiger partial charge in [-0.2, -0.15) is 0 Å². The summed E-state index contributed by atoms with van der Waals surface area (Å²) in [6, 6.07) is 25.6. The zero-order valence-electron chi connectivity index (χ0n) is 17.8. The number of fused-ring (bicyclic) bond motifs is 1. The molecule has 2 heterocycles. The fraction of sp³-hybridized carbons (Fsp3) is 0.185. The van der Waals surface area contributed by atoms with Gasteiger partial charge < -0.3 is 14.6 Å². The topological polar surface area (TPSA) is 56.1 Å². The SMILES string of the molecule is O=C(COc1ccccc1-c1ccccc1)Nc1ccc(-c2ncc3n2CCCC3)cc1. The highest BCUT2D eigenvalue weighted by molar-refractivity contribution is 5.92. The Bertz CT molecular complexity index is 1210. The number of nitrogens with zero attached hydrogens (tertiary/aromatic N) is 2. The number of carbonyl (C=O) groups is 1. The number of rotatable bonds is 6. The van der Waals surface area contributed by atoms with Crippen molar-refractivity contribution in [3.05, 3.63) is 90.8 Å². The minimum absolute atomic E-state index is 0.0562. The molecule has 0 atom stereocenters. The lowest BCUT2D eigenvalue weighted by Gasteiger charge is -2.16. The van der Waals surface area contributed by atoms with Crippen molar-refractivity contribution in [2.24, 2.45) is 0 Å². The van der Waals surface area contributed by atoms with Crippen LogP contribution in [0.3, 0.4) is 0 Å². The number of hydrogen-bond acceptors (Lipinski definition) is 3. The summed E-state index contributed by atoms with van der Waals surface area (Å²) in [5.74, 6) is 1.49. The third-order valence-corrected chi connectivity index (χ3v) is 5.76. The highest BCUT2D eigenvalue weighted by Gasteiger charge is 2.15. The number of amides is 1. The van der Waals surface area contributed by atoms with Crippen LogP contribution in [-0.4, -0.2) is 22.1 Å². The Morgan fingerprint density at radius 2 is 1.69 bits per heavy atom. The van der Waals surface area contributed by atoms with Crippen LogP contribution in [0, 0.1) is 0 Å². The van der Waals surface area contributed by atoms with Gasteiger partial charge in [-0.1, -0.05) is 48.5 Å². The molecule has 0 radical (unpaired) electrons. The summed E-state index contributed by atoms with van der Waals surface area (Å²) < 4.78 is 8.15. The van der Waals surface area contributed by atoms with Crippen molar-refractivity contribution < 1.29 is 9.53 Å². The van der Waals surface area contributed by atoms with Crippen LogP contribution in [-0.2, 0) is 17.8 Å². The molecule has 1 aliphatic rings. The van der Waals surface area contributed by atoms with Crippen LogP contribution in [0.25, 0.3) is 22.5 Å². The summed E-state index contributed by atoms with van der Waals surface area (Å²) in [4.78, 5) is 17.1. The van der Waals surface area contributed by atoms with Crippen LogP contribution in [0.1, 0.15) is 18.5 Å². The van der Waals surface area contributed by atoms with E-state index in [1.165, 1.54) is 18.5 Å². The van der Waals surface area contributed by atoms with Crippen molar-refractivity contribution >= 4 is 11.6 Å². The number of ether oxygens (including phenoxy) is 1. The lowest BCUT2D eigenvalue weighted by atomic mass is 10.1. The van der Waals surface area contributed by atoms with Crippen LogP contribution in [0.5, 0.6) is 5.75 Å². The molecule has 0 unspecified atom stereocenters. The van der Waals surface area contributed by atoms with Crippen molar-refractivity contribution in [1.29, 1.82) is 0 Å². The Morgan fingerprint density at radius 1 is 0.906 bits per heavy atom. The second kappa shape index (κ2) is 9.10. The molecular formula is C27H25N3O2. The molecule has 3 aromatic carbocycles. The van der Waals surface area contributed by atoms with Gasteiger partial charge in [0.1, 0.15) is 11.6 Å². The van der Waals surface area contributed by atoms with Gasteiger partial charge in [-0.05, 0) is 55.2 Å². The molecule has 5 heteroatoms. The number of imidazole rings is 1. The predicted octanol–water partition coefficient (Wildman–Crippen LogP) is 5.57. The van der Waals surface area contributed by atoms with Crippen LogP contribution >= 0.6 is 0 Å². The smallest absolute Gasteiger partial charge is 0.262 e. The van der Waals surface area contributed by atoms with Crippen LogP contribution in [0.2, 0.25) is 0 Å². The second-order valence-corrected chi connectivity index (χ2v) is 7.96. The highest BCUT2D eigenvalue weighted by Crippen LogP contribution is 2.29. The van der Waals surface area contributed by atoms with Gasteiger partial charge in [0.25, 0.3) is 5.91 Å². The average Bonchev–Trinajstić information content (AvgIpc) is 3.28. The quantitative estimate of drug-likeness (QED) is 0.441. The number of carbonyl (C=O) groups excluding carboxylic acids is 1. The lowest BCUT2D eigenvalue weighted by molar-refractivity contribution is -0.118.